The molecule has 1 amide bonds. The number of aromatic nitrogens is 1. The molecule has 1 heterocycles. The topological polar surface area (TPSA) is 82.2 Å². The van der Waals surface area contributed by atoms with E-state index in [1.807, 2.05) is 55.5 Å². The number of rotatable bonds is 4. The first-order valence-corrected chi connectivity index (χ1v) is 8.26. The molecule has 1 saturated carbocycles. The SMILES string of the molecule is Cc1ccc2[nH]c(C(=O)O)c(NC(=O)[C@@H]3C[C@@H]3c3ccccc3)c2c1. The van der Waals surface area contributed by atoms with Crippen LogP contribution in [-0.2, 0) is 4.79 Å². The van der Waals surface area contributed by atoms with Crippen molar-refractivity contribution in [3.05, 3.63) is 65.4 Å². The van der Waals surface area contributed by atoms with E-state index in [0.717, 1.165) is 22.9 Å². The van der Waals surface area contributed by atoms with E-state index in [9.17, 15) is 14.7 Å². The zero-order valence-corrected chi connectivity index (χ0v) is 13.7. The molecule has 126 valence electrons. The predicted molar refractivity (Wildman–Crippen MR) is 95.9 cm³/mol. The Morgan fingerprint density at radius 2 is 1.92 bits per heavy atom. The molecule has 0 spiro atoms. The van der Waals surface area contributed by atoms with Gasteiger partial charge in [-0.05, 0) is 37.0 Å². The van der Waals surface area contributed by atoms with Crippen molar-refractivity contribution in [3.63, 3.8) is 0 Å². The lowest BCUT2D eigenvalue weighted by molar-refractivity contribution is -0.117. The van der Waals surface area contributed by atoms with E-state index in [-0.39, 0.29) is 23.4 Å². The number of hydrogen-bond donors (Lipinski definition) is 3. The number of carboxylic acids is 1. The first-order chi connectivity index (χ1) is 12.0. The molecule has 0 aliphatic heterocycles. The summed E-state index contributed by atoms with van der Waals surface area (Å²) in [6.07, 6.45) is 0.791. The van der Waals surface area contributed by atoms with Gasteiger partial charge in [-0.25, -0.2) is 4.79 Å². The molecule has 1 aromatic heterocycles. The second-order valence-corrected chi connectivity index (χ2v) is 6.58. The van der Waals surface area contributed by atoms with E-state index >= 15 is 0 Å². The third-order valence-electron chi connectivity index (χ3n) is 4.77. The van der Waals surface area contributed by atoms with Gasteiger partial charge >= 0.3 is 5.97 Å². The molecule has 4 rings (SSSR count). The van der Waals surface area contributed by atoms with Crippen LogP contribution in [0.25, 0.3) is 10.9 Å². The molecular weight excluding hydrogens is 316 g/mol. The minimum Gasteiger partial charge on any atom is -0.477 e. The standard InChI is InChI=1S/C20H18N2O3/c1-11-7-8-16-15(9-11)17(18(21-16)20(24)25)22-19(23)14-10-13(14)12-5-3-2-4-6-12/h2-9,13-14,21H,10H2,1H3,(H,22,23)(H,24,25)/t13-,14-/m1/s1. The fraction of sp³-hybridized carbons (Fsp3) is 0.200. The fourth-order valence-corrected chi connectivity index (χ4v) is 3.37. The Balaban J connectivity index is 1.62. The minimum absolute atomic E-state index is 0.0193. The molecule has 2 aromatic carbocycles. The van der Waals surface area contributed by atoms with Crippen LogP contribution in [0.5, 0.6) is 0 Å². The maximum absolute atomic E-state index is 12.6. The van der Waals surface area contributed by atoms with E-state index < -0.39 is 5.97 Å². The summed E-state index contributed by atoms with van der Waals surface area (Å²) in [5, 5.41) is 13.0. The highest BCUT2D eigenvalue weighted by molar-refractivity contribution is 6.11. The maximum atomic E-state index is 12.6. The van der Waals surface area contributed by atoms with Crippen molar-refractivity contribution < 1.29 is 14.7 Å². The van der Waals surface area contributed by atoms with Gasteiger partial charge in [0.15, 0.2) is 0 Å². The quantitative estimate of drug-likeness (QED) is 0.676. The number of nitrogens with one attached hydrogen (secondary N) is 2. The van der Waals surface area contributed by atoms with Gasteiger partial charge in [0.25, 0.3) is 0 Å². The molecule has 3 N–H and O–H groups in total. The number of benzene rings is 2. The Kier molecular flexibility index (Phi) is 3.57. The van der Waals surface area contributed by atoms with Crippen molar-refractivity contribution in [3.8, 4) is 0 Å². The highest BCUT2D eigenvalue weighted by Gasteiger charge is 2.44. The van der Waals surface area contributed by atoms with Crippen molar-refractivity contribution in [2.45, 2.75) is 19.3 Å². The summed E-state index contributed by atoms with van der Waals surface area (Å²) in [5.74, 6) is -1.11. The number of aromatic amines is 1. The number of amides is 1. The molecule has 0 radical (unpaired) electrons. The number of carbonyl (C=O) groups excluding carboxylic acids is 1. The Hall–Kier alpha value is -3.08. The molecule has 2 atom stereocenters. The van der Waals surface area contributed by atoms with Crippen LogP contribution < -0.4 is 5.32 Å². The summed E-state index contributed by atoms with van der Waals surface area (Å²) in [4.78, 5) is 27.1. The normalized spacial score (nSPS) is 18.9. The van der Waals surface area contributed by atoms with Crippen LogP contribution in [0.15, 0.2) is 48.5 Å². The number of anilines is 1. The fourth-order valence-electron chi connectivity index (χ4n) is 3.37. The number of carbonyl (C=O) groups is 2. The third-order valence-corrected chi connectivity index (χ3v) is 4.77. The van der Waals surface area contributed by atoms with Gasteiger partial charge in [-0.15, -0.1) is 0 Å². The van der Waals surface area contributed by atoms with Gasteiger partial charge in [0.05, 0.1) is 5.69 Å². The first kappa shape index (κ1) is 15.4. The molecule has 3 aromatic rings. The Morgan fingerprint density at radius 1 is 1.16 bits per heavy atom. The predicted octanol–water partition coefficient (Wildman–Crippen LogP) is 3.92. The average molecular weight is 334 g/mol. The third kappa shape index (κ3) is 2.78. The monoisotopic (exact) mass is 334 g/mol. The van der Waals surface area contributed by atoms with Crippen LogP contribution in [0.2, 0.25) is 0 Å². The van der Waals surface area contributed by atoms with Crippen LogP contribution in [0.4, 0.5) is 5.69 Å². The second-order valence-electron chi connectivity index (χ2n) is 6.58. The minimum atomic E-state index is -1.08. The summed E-state index contributed by atoms with van der Waals surface area (Å²) in [6.45, 7) is 1.94. The molecule has 0 saturated heterocycles. The molecular formula is C20H18N2O3. The molecule has 1 fully saturated rings. The van der Waals surface area contributed by atoms with Crippen LogP contribution in [0, 0.1) is 12.8 Å². The lowest BCUT2D eigenvalue weighted by atomic mass is 10.1. The molecule has 5 nitrogen and oxygen atoms in total. The Labute approximate surface area is 144 Å². The van der Waals surface area contributed by atoms with Gasteiger partial charge in [0.2, 0.25) is 5.91 Å². The number of H-pyrrole nitrogens is 1. The molecule has 1 aliphatic rings. The zero-order chi connectivity index (χ0) is 17.6. The highest BCUT2D eigenvalue weighted by atomic mass is 16.4. The maximum Gasteiger partial charge on any atom is 0.354 e. The van der Waals surface area contributed by atoms with Gasteiger partial charge in [-0.3, -0.25) is 4.79 Å². The van der Waals surface area contributed by atoms with E-state index in [4.69, 9.17) is 0 Å². The number of carboxylic acid groups (broad SMARTS) is 1. The van der Waals surface area contributed by atoms with Gasteiger partial charge in [0.1, 0.15) is 5.69 Å². The summed E-state index contributed by atoms with van der Waals surface area (Å²) < 4.78 is 0. The lowest BCUT2D eigenvalue weighted by Crippen LogP contribution is -2.16. The van der Waals surface area contributed by atoms with E-state index in [1.165, 1.54) is 0 Å². The Bertz CT molecular complexity index is 975. The number of hydrogen-bond acceptors (Lipinski definition) is 2. The van der Waals surface area contributed by atoms with Crippen molar-refractivity contribution >= 4 is 28.5 Å². The summed E-state index contributed by atoms with van der Waals surface area (Å²) in [6, 6.07) is 15.6. The lowest BCUT2D eigenvalue weighted by Gasteiger charge is -2.06. The second kappa shape index (κ2) is 5.77. The van der Waals surface area contributed by atoms with Gasteiger partial charge in [-0.2, -0.15) is 0 Å². The van der Waals surface area contributed by atoms with E-state index in [1.54, 1.807) is 0 Å². The van der Waals surface area contributed by atoms with Crippen LogP contribution in [0.3, 0.4) is 0 Å². The largest absolute Gasteiger partial charge is 0.477 e. The van der Waals surface area contributed by atoms with Gasteiger partial charge < -0.3 is 15.4 Å². The summed E-state index contributed by atoms with van der Waals surface area (Å²) in [5.41, 5.74) is 3.23. The molecule has 25 heavy (non-hydrogen) atoms. The zero-order valence-electron chi connectivity index (χ0n) is 13.7. The molecule has 5 heteroatoms. The van der Waals surface area contributed by atoms with Crippen LogP contribution in [0.1, 0.15) is 34.0 Å². The van der Waals surface area contributed by atoms with Crippen molar-refractivity contribution in [2.75, 3.05) is 5.32 Å². The molecule has 1 aliphatic carbocycles. The average Bonchev–Trinajstić information content (AvgIpc) is 3.33. The smallest absolute Gasteiger partial charge is 0.354 e. The van der Waals surface area contributed by atoms with Gasteiger partial charge in [-0.1, -0.05) is 42.0 Å². The molecule has 0 unspecified atom stereocenters. The summed E-state index contributed by atoms with van der Waals surface area (Å²) in [7, 11) is 0. The highest BCUT2D eigenvalue weighted by Crippen LogP contribution is 2.48. The number of aryl methyl sites for hydroxylation is 1. The molecule has 0 bridgehead atoms. The van der Waals surface area contributed by atoms with Crippen LogP contribution >= 0.6 is 0 Å². The van der Waals surface area contributed by atoms with Crippen molar-refractivity contribution in [2.24, 2.45) is 5.92 Å². The van der Waals surface area contributed by atoms with Crippen molar-refractivity contribution in [1.29, 1.82) is 0 Å². The van der Waals surface area contributed by atoms with Gasteiger partial charge in [0, 0.05) is 16.8 Å². The number of fused-ring (bicyclic) bond motifs is 1. The van der Waals surface area contributed by atoms with Crippen molar-refractivity contribution in [1.82, 2.24) is 4.98 Å². The van der Waals surface area contributed by atoms with Crippen LogP contribution in [-0.4, -0.2) is 22.0 Å². The van der Waals surface area contributed by atoms with E-state index in [0.29, 0.717) is 11.2 Å². The van der Waals surface area contributed by atoms with E-state index in [2.05, 4.69) is 10.3 Å². The summed E-state index contributed by atoms with van der Waals surface area (Å²) >= 11 is 0. The Morgan fingerprint density at radius 3 is 2.64 bits per heavy atom. The number of aromatic carboxylic acids is 1. The first-order valence-electron chi connectivity index (χ1n) is 8.26.